The number of hydrogen-bond donors (Lipinski definition) is 2. The van der Waals surface area contributed by atoms with Gasteiger partial charge in [-0.3, -0.25) is 0 Å². The van der Waals surface area contributed by atoms with Crippen molar-refractivity contribution in [1.29, 1.82) is 0 Å². The van der Waals surface area contributed by atoms with Crippen LogP contribution >= 0.6 is 0 Å². The zero-order chi connectivity index (χ0) is 19.7. The van der Waals surface area contributed by atoms with E-state index >= 15 is 0 Å². The van der Waals surface area contributed by atoms with Crippen LogP contribution in [0.25, 0.3) is 0 Å². The number of urea groups is 1. The summed E-state index contributed by atoms with van der Waals surface area (Å²) in [5.41, 5.74) is 3.12. The molecule has 2 aromatic carbocycles. The van der Waals surface area contributed by atoms with Crippen molar-refractivity contribution in [1.82, 2.24) is 10.2 Å². The molecule has 0 aromatic heterocycles. The number of nitrogens with zero attached hydrogens (tertiary/aromatic N) is 1. The Kier molecular flexibility index (Phi) is 4.79. The van der Waals surface area contributed by atoms with Crippen LogP contribution in [0, 0.1) is 0 Å². The average molecular weight is 382 g/mol. The quantitative estimate of drug-likeness (QED) is 0.797. The highest BCUT2D eigenvalue weighted by Gasteiger charge is 2.32. The summed E-state index contributed by atoms with van der Waals surface area (Å²) in [5, 5.41) is 12.6. The Hall–Kier alpha value is -2.89. The Morgan fingerprint density at radius 3 is 2.96 bits per heavy atom. The fraction of sp³-hybridized carbons (Fsp3) is 0.409. The Balaban J connectivity index is 1.28. The number of benzene rings is 2. The first-order valence-electron chi connectivity index (χ1n) is 9.68. The molecule has 4 rings (SSSR count). The molecule has 0 radical (unpaired) electrons. The van der Waals surface area contributed by atoms with Gasteiger partial charge < -0.3 is 24.8 Å². The highest BCUT2D eigenvalue weighted by Crippen LogP contribution is 2.41. The molecule has 2 aromatic rings. The Bertz CT molecular complexity index is 894. The van der Waals surface area contributed by atoms with Crippen LogP contribution < -0.4 is 14.8 Å². The van der Waals surface area contributed by atoms with E-state index in [4.69, 9.17) is 9.47 Å². The van der Waals surface area contributed by atoms with Gasteiger partial charge in [-0.1, -0.05) is 18.2 Å². The van der Waals surface area contributed by atoms with Gasteiger partial charge in [0.05, 0.1) is 6.54 Å². The number of para-hydroxylation sites is 1. The summed E-state index contributed by atoms with van der Waals surface area (Å²) >= 11 is 0. The Morgan fingerprint density at radius 2 is 2.11 bits per heavy atom. The second-order valence-electron chi connectivity index (χ2n) is 7.99. The smallest absolute Gasteiger partial charge is 0.317 e. The first-order chi connectivity index (χ1) is 13.4. The molecule has 0 bridgehead atoms. The summed E-state index contributed by atoms with van der Waals surface area (Å²) in [6, 6.07) is 11.2. The normalized spacial score (nSPS) is 16.7. The van der Waals surface area contributed by atoms with Crippen LogP contribution in [0.2, 0.25) is 0 Å². The van der Waals surface area contributed by atoms with E-state index < -0.39 is 0 Å². The maximum Gasteiger partial charge on any atom is 0.317 e. The summed E-state index contributed by atoms with van der Waals surface area (Å²) in [4.78, 5) is 14.2. The van der Waals surface area contributed by atoms with Gasteiger partial charge in [0, 0.05) is 25.1 Å². The minimum atomic E-state index is -0.213. The molecule has 0 saturated carbocycles. The molecule has 0 fully saturated rings. The van der Waals surface area contributed by atoms with Crippen molar-refractivity contribution in [2.45, 2.75) is 38.8 Å². The van der Waals surface area contributed by atoms with Crippen molar-refractivity contribution in [2.75, 3.05) is 19.7 Å². The van der Waals surface area contributed by atoms with E-state index in [2.05, 4.69) is 25.2 Å². The van der Waals surface area contributed by atoms with Gasteiger partial charge in [0.1, 0.15) is 18.0 Å². The lowest BCUT2D eigenvalue weighted by Crippen LogP contribution is -2.43. The number of nitrogens with one attached hydrogen (secondary N) is 1. The number of carbonyl (C=O) groups is 1. The first-order valence-corrected chi connectivity index (χ1v) is 9.68. The molecular weight excluding hydrogens is 356 g/mol. The molecule has 2 aliphatic heterocycles. The van der Waals surface area contributed by atoms with E-state index in [-0.39, 0.29) is 17.4 Å². The lowest BCUT2D eigenvalue weighted by molar-refractivity contribution is 0.132. The summed E-state index contributed by atoms with van der Waals surface area (Å²) in [6.07, 6.45) is 1.66. The highest BCUT2D eigenvalue weighted by molar-refractivity contribution is 5.74. The van der Waals surface area contributed by atoms with Crippen LogP contribution in [0.15, 0.2) is 36.4 Å². The number of rotatable bonds is 4. The Labute approximate surface area is 165 Å². The summed E-state index contributed by atoms with van der Waals surface area (Å²) < 4.78 is 11.9. The molecule has 28 heavy (non-hydrogen) atoms. The standard InChI is InChI=1S/C22H26N2O4/c1-22(2)13-16-4-3-5-19(20(16)28-22)27-11-9-23-21(26)24-10-8-15-6-7-18(25)12-17(15)14-24/h3-7,12,25H,8-11,13-14H2,1-2H3,(H,23,26). The van der Waals surface area contributed by atoms with Crippen LogP contribution in [-0.4, -0.2) is 41.3 Å². The molecule has 0 aliphatic carbocycles. The van der Waals surface area contributed by atoms with Crippen molar-refractivity contribution < 1.29 is 19.4 Å². The van der Waals surface area contributed by atoms with Gasteiger partial charge in [0.2, 0.25) is 0 Å². The van der Waals surface area contributed by atoms with Gasteiger partial charge >= 0.3 is 6.03 Å². The van der Waals surface area contributed by atoms with Gasteiger partial charge in [-0.15, -0.1) is 0 Å². The predicted molar refractivity (Wildman–Crippen MR) is 106 cm³/mol. The third-order valence-corrected chi connectivity index (χ3v) is 5.18. The molecule has 2 N–H and O–H groups in total. The van der Waals surface area contributed by atoms with Gasteiger partial charge in [0.15, 0.2) is 11.5 Å². The summed E-state index contributed by atoms with van der Waals surface area (Å²) in [5.74, 6) is 1.76. The first kappa shape index (κ1) is 18.5. The minimum absolute atomic E-state index is 0.117. The maximum atomic E-state index is 12.4. The van der Waals surface area contributed by atoms with Crippen molar-refractivity contribution in [3.05, 3.63) is 53.1 Å². The van der Waals surface area contributed by atoms with Crippen LogP contribution in [-0.2, 0) is 19.4 Å². The second kappa shape index (κ2) is 7.26. The topological polar surface area (TPSA) is 71.0 Å². The molecule has 2 aliphatic rings. The van der Waals surface area contributed by atoms with Gasteiger partial charge in [-0.25, -0.2) is 4.79 Å². The van der Waals surface area contributed by atoms with E-state index in [9.17, 15) is 9.90 Å². The zero-order valence-electron chi connectivity index (χ0n) is 16.3. The largest absolute Gasteiger partial charge is 0.508 e. The number of fused-ring (bicyclic) bond motifs is 2. The van der Waals surface area contributed by atoms with Crippen LogP contribution in [0.5, 0.6) is 17.2 Å². The molecule has 6 heteroatoms. The molecule has 0 spiro atoms. The second-order valence-corrected chi connectivity index (χ2v) is 7.99. The number of phenols is 1. The van der Waals surface area contributed by atoms with Crippen LogP contribution in [0.1, 0.15) is 30.5 Å². The lowest BCUT2D eigenvalue weighted by Gasteiger charge is -2.29. The fourth-order valence-electron chi connectivity index (χ4n) is 3.85. The van der Waals surface area contributed by atoms with E-state index in [0.29, 0.717) is 26.2 Å². The fourth-order valence-corrected chi connectivity index (χ4v) is 3.85. The van der Waals surface area contributed by atoms with Crippen LogP contribution in [0.4, 0.5) is 4.79 Å². The highest BCUT2D eigenvalue weighted by atomic mass is 16.5. The number of aromatic hydroxyl groups is 1. The van der Waals surface area contributed by atoms with Crippen LogP contribution in [0.3, 0.4) is 0 Å². The van der Waals surface area contributed by atoms with Gasteiger partial charge in [-0.2, -0.15) is 0 Å². The molecule has 148 valence electrons. The molecule has 2 amide bonds. The third kappa shape index (κ3) is 3.86. The van der Waals surface area contributed by atoms with E-state index in [0.717, 1.165) is 35.5 Å². The average Bonchev–Trinajstić information content (AvgIpc) is 2.99. The van der Waals surface area contributed by atoms with Crippen molar-refractivity contribution in [2.24, 2.45) is 0 Å². The number of carbonyl (C=O) groups excluding carboxylic acids is 1. The Morgan fingerprint density at radius 1 is 1.25 bits per heavy atom. The molecule has 2 heterocycles. The van der Waals surface area contributed by atoms with Gasteiger partial charge in [0.25, 0.3) is 0 Å². The number of phenolic OH excluding ortho intramolecular Hbond substituents is 1. The van der Waals surface area contributed by atoms with E-state index in [1.54, 1.807) is 17.0 Å². The summed E-state index contributed by atoms with van der Waals surface area (Å²) in [6.45, 7) is 6.08. The predicted octanol–water partition coefficient (Wildman–Crippen LogP) is 3.25. The van der Waals surface area contributed by atoms with Gasteiger partial charge in [-0.05, 0) is 49.6 Å². The molecule has 0 unspecified atom stereocenters. The number of hydrogen-bond acceptors (Lipinski definition) is 4. The minimum Gasteiger partial charge on any atom is -0.508 e. The monoisotopic (exact) mass is 382 g/mol. The lowest BCUT2D eigenvalue weighted by atomic mass is 10.00. The molecule has 0 atom stereocenters. The maximum absolute atomic E-state index is 12.4. The molecular formula is C22H26N2O4. The molecule has 6 nitrogen and oxygen atoms in total. The van der Waals surface area contributed by atoms with E-state index in [1.165, 1.54) is 5.56 Å². The molecule has 0 saturated heterocycles. The third-order valence-electron chi connectivity index (χ3n) is 5.18. The SMILES string of the molecule is CC1(C)Cc2cccc(OCCNC(=O)N3CCc4ccc(O)cc4C3)c2O1. The number of ether oxygens (including phenoxy) is 2. The van der Waals surface area contributed by atoms with Crippen molar-refractivity contribution in [3.63, 3.8) is 0 Å². The summed E-state index contributed by atoms with van der Waals surface area (Å²) in [7, 11) is 0. The number of amides is 2. The van der Waals surface area contributed by atoms with Crippen molar-refractivity contribution in [3.8, 4) is 17.2 Å². The van der Waals surface area contributed by atoms with E-state index in [1.807, 2.05) is 18.2 Å². The van der Waals surface area contributed by atoms with Crippen molar-refractivity contribution >= 4 is 6.03 Å². The zero-order valence-corrected chi connectivity index (χ0v) is 16.3.